The Bertz CT molecular complexity index is 347. The average molecular weight is 276 g/mol. The lowest BCUT2D eigenvalue weighted by molar-refractivity contribution is 0.127. The highest BCUT2D eigenvalue weighted by molar-refractivity contribution is 5.08. The van der Waals surface area contributed by atoms with Crippen molar-refractivity contribution in [3.8, 4) is 0 Å². The minimum Gasteiger partial charge on any atom is -0.298 e. The highest BCUT2D eigenvalue weighted by Gasteiger charge is 2.56. The number of nitrogens with zero attached hydrogens (tertiary/aromatic N) is 1. The van der Waals surface area contributed by atoms with Gasteiger partial charge in [-0.05, 0) is 50.5 Å². The van der Waals surface area contributed by atoms with E-state index in [1.54, 1.807) is 0 Å². The second kappa shape index (κ2) is 5.28. The summed E-state index contributed by atoms with van der Waals surface area (Å²) in [6, 6.07) is 1.64. The van der Waals surface area contributed by atoms with Crippen LogP contribution < -0.4 is 5.32 Å². The maximum atomic E-state index is 4.03. The third-order valence-electron chi connectivity index (χ3n) is 7.34. The molecule has 2 saturated heterocycles. The Hall–Kier alpha value is -0.0800. The summed E-state index contributed by atoms with van der Waals surface area (Å²) in [4.78, 5) is 2.70. The molecule has 0 aromatic carbocycles. The molecule has 1 N–H and O–H groups in total. The molecule has 2 saturated carbocycles. The first kappa shape index (κ1) is 13.6. The van der Waals surface area contributed by atoms with Crippen LogP contribution in [0.25, 0.3) is 0 Å². The molecule has 6 unspecified atom stereocenters. The number of hydrogen-bond acceptors (Lipinski definition) is 2. The molecule has 4 fully saturated rings. The van der Waals surface area contributed by atoms with Crippen LogP contribution in [0.1, 0.15) is 64.7 Å². The van der Waals surface area contributed by atoms with Gasteiger partial charge in [-0.25, -0.2) is 0 Å². The molecule has 114 valence electrons. The lowest BCUT2D eigenvalue weighted by Gasteiger charge is -2.38. The summed E-state index contributed by atoms with van der Waals surface area (Å²) in [7, 11) is 2.38. The van der Waals surface area contributed by atoms with Crippen LogP contribution in [0.15, 0.2) is 0 Å². The smallest absolute Gasteiger partial charge is 0.0634 e. The summed E-state index contributed by atoms with van der Waals surface area (Å²) in [5.74, 6) is 3.96. The van der Waals surface area contributed by atoms with Gasteiger partial charge in [0, 0.05) is 12.1 Å². The van der Waals surface area contributed by atoms with Crippen LogP contribution in [-0.4, -0.2) is 30.2 Å². The van der Waals surface area contributed by atoms with Crippen molar-refractivity contribution in [2.24, 2.45) is 23.7 Å². The molecule has 0 amide bonds. The molecule has 2 heteroatoms. The molecule has 2 nitrogen and oxygen atoms in total. The highest BCUT2D eigenvalue weighted by Crippen LogP contribution is 2.52. The Balaban J connectivity index is 1.60. The van der Waals surface area contributed by atoms with Crippen molar-refractivity contribution >= 4 is 0 Å². The molecule has 0 bridgehead atoms. The van der Waals surface area contributed by atoms with E-state index in [2.05, 4.69) is 24.2 Å². The number of rotatable bonds is 1. The predicted molar refractivity (Wildman–Crippen MR) is 83.4 cm³/mol. The summed E-state index contributed by atoms with van der Waals surface area (Å²) < 4.78 is 0. The lowest BCUT2D eigenvalue weighted by atomic mass is 9.67. The zero-order valence-electron chi connectivity index (χ0n) is 13.4. The van der Waals surface area contributed by atoms with Crippen LogP contribution in [-0.2, 0) is 0 Å². The molecule has 6 atom stereocenters. The Morgan fingerprint density at radius 2 is 1.55 bits per heavy atom. The lowest BCUT2D eigenvalue weighted by Crippen LogP contribution is -2.44. The van der Waals surface area contributed by atoms with E-state index in [-0.39, 0.29) is 0 Å². The number of nitrogens with one attached hydrogen (secondary N) is 1. The van der Waals surface area contributed by atoms with E-state index in [0.29, 0.717) is 6.17 Å². The van der Waals surface area contributed by atoms with Crippen LogP contribution in [0.3, 0.4) is 0 Å². The molecule has 0 aromatic rings. The minimum atomic E-state index is 0.699. The van der Waals surface area contributed by atoms with E-state index in [0.717, 1.165) is 35.8 Å². The topological polar surface area (TPSA) is 15.3 Å². The molecule has 4 aliphatic rings. The Morgan fingerprint density at radius 1 is 0.850 bits per heavy atom. The first-order valence-electron chi connectivity index (χ1n) is 9.25. The maximum absolute atomic E-state index is 4.03. The van der Waals surface area contributed by atoms with Crippen molar-refractivity contribution in [1.82, 2.24) is 10.2 Å². The highest BCUT2D eigenvalue weighted by atomic mass is 15.3. The van der Waals surface area contributed by atoms with Gasteiger partial charge < -0.3 is 0 Å². The van der Waals surface area contributed by atoms with Crippen LogP contribution >= 0.6 is 0 Å². The predicted octanol–water partition coefficient (Wildman–Crippen LogP) is 3.62. The molecule has 0 spiro atoms. The number of likely N-dealkylation sites (tertiary alicyclic amines) is 1. The summed E-state index contributed by atoms with van der Waals surface area (Å²) in [5.41, 5.74) is 0. The number of fused-ring (bicyclic) bond motifs is 3. The van der Waals surface area contributed by atoms with Crippen molar-refractivity contribution < 1.29 is 0 Å². The second-order valence-electron chi connectivity index (χ2n) is 8.13. The Kier molecular flexibility index (Phi) is 3.58. The quantitative estimate of drug-likeness (QED) is 0.787. The fraction of sp³-hybridized carbons (Fsp3) is 1.00. The van der Waals surface area contributed by atoms with Gasteiger partial charge in [-0.1, -0.05) is 44.9 Å². The molecule has 0 aromatic heterocycles. The van der Waals surface area contributed by atoms with Crippen LogP contribution in [0.5, 0.6) is 0 Å². The van der Waals surface area contributed by atoms with Gasteiger partial charge in [0.2, 0.25) is 0 Å². The monoisotopic (exact) mass is 276 g/mol. The third-order valence-corrected chi connectivity index (χ3v) is 7.34. The van der Waals surface area contributed by atoms with Gasteiger partial charge in [-0.3, -0.25) is 10.2 Å². The van der Waals surface area contributed by atoms with Gasteiger partial charge in [-0.2, -0.15) is 0 Å². The summed E-state index contributed by atoms with van der Waals surface area (Å²) in [6.45, 7) is 2.51. The van der Waals surface area contributed by atoms with Crippen LogP contribution in [0.4, 0.5) is 0 Å². The van der Waals surface area contributed by atoms with E-state index in [4.69, 9.17) is 0 Å². The van der Waals surface area contributed by atoms with Crippen molar-refractivity contribution in [3.05, 3.63) is 0 Å². The molecule has 20 heavy (non-hydrogen) atoms. The minimum absolute atomic E-state index is 0.699. The van der Waals surface area contributed by atoms with Crippen molar-refractivity contribution in [3.63, 3.8) is 0 Å². The van der Waals surface area contributed by atoms with Crippen molar-refractivity contribution in [2.45, 2.75) is 83.0 Å². The normalized spacial score (nSPS) is 50.1. The molecule has 2 aliphatic heterocycles. The van der Waals surface area contributed by atoms with E-state index in [1.807, 2.05) is 0 Å². The molecule has 0 radical (unpaired) electrons. The molecule has 4 rings (SSSR count). The fourth-order valence-electron chi connectivity index (χ4n) is 6.35. The van der Waals surface area contributed by atoms with E-state index >= 15 is 0 Å². The van der Waals surface area contributed by atoms with Crippen LogP contribution in [0, 0.1) is 23.7 Å². The zero-order chi connectivity index (χ0) is 13.7. The van der Waals surface area contributed by atoms with E-state index < -0.39 is 0 Å². The van der Waals surface area contributed by atoms with Gasteiger partial charge in [0.25, 0.3) is 0 Å². The molecule has 2 heterocycles. The maximum Gasteiger partial charge on any atom is 0.0634 e. The molecular formula is C18H32N2. The zero-order valence-corrected chi connectivity index (χ0v) is 13.4. The van der Waals surface area contributed by atoms with Gasteiger partial charge in [-0.15, -0.1) is 0 Å². The largest absolute Gasteiger partial charge is 0.298 e. The first-order chi connectivity index (χ1) is 9.77. The fourth-order valence-corrected chi connectivity index (χ4v) is 6.35. The Labute approximate surface area is 124 Å². The molecular weight excluding hydrogens is 244 g/mol. The molecule has 2 aliphatic carbocycles. The average Bonchev–Trinajstić information content (AvgIpc) is 2.97. The van der Waals surface area contributed by atoms with Gasteiger partial charge >= 0.3 is 0 Å². The summed E-state index contributed by atoms with van der Waals surface area (Å²) in [5, 5.41) is 4.03. The third kappa shape index (κ3) is 1.98. The summed E-state index contributed by atoms with van der Waals surface area (Å²) >= 11 is 0. The van der Waals surface area contributed by atoms with Gasteiger partial charge in [0.1, 0.15) is 0 Å². The Morgan fingerprint density at radius 3 is 2.35 bits per heavy atom. The first-order valence-corrected chi connectivity index (χ1v) is 9.25. The second-order valence-corrected chi connectivity index (χ2v) is 8.13. The SMILES string of the molecule is CC1C(C2CCCCC2)C2C3CCCCC3NC2N1C. The van der Waals surface area contributed by atoms with Gasteiger partial charge in [0.15, 0.2) is 0 Å². The van der Waals surface area contributed by atoms with Crippen molar-refractivity contribution in [2.75, 3.05) is 7.05 Å². The van der Waals surface area contributed by atoms with Gasteiger partial charge in [0.05, 0.1) is 6.17 Å². The van der Waals surface area contributed by atoms with E-state index in [1.165, 1.54) is 57.8 Å². The number of hydrogen-bond donors (Lipinski definition) is 1. The van der Waals surface area contributed by atoms with Crippen molar-refractivity contribution in [1.29, 1.82) is 0 Å². The standard InChI is InChI=1S/C18H32N2/c1-12-16(13-8-4-3-5-9-13)17-14-10-6-7-11-15(14)19-18(17)20(12)2/h12-19H,3-11H2,1-2H3. The summed E-state index contributed by atoms with van der Waals surface area (Å²) in [6.07, 6.45) is 14.1. The van der Waals surface area contributed by atoms with E-state index in [9.17, 15) is 0 Å². The van der Waals surface area contributed by atoms with Crippen LogP contribution in [0.2, 0.25) is 0 Å².